The van der Waals surface area contributed by atoms with Crippen LogP contribution in [0.4, 0.5) is 30.4 Å². The van der Waals surface area contributed by atoms with E-state index in [1.54, 1.807) is 22.1 Å². The molecule has 4 aromatic rings. The zero-order valence-corrected chi connectivity index (χ0v) is 32.0. The molecule has 0 aliphatic carbocycles. The number of fused-ring (bicyclic) bond motifs is 4. The van der Waals surface area contributed by atoms with Crippen LogP contribution < -0.4 is 25.2 Å². The van der Waals surface area contributed by atoms with Gasteiger partial charge in [-0.3, -0.25) is 29.6 Å². The van der Waals surface area contributed by atoms with Gasteiger partial charge in [-0.1, -0.05) is 12.1 Å². The maximum atomic E-state index is 15.0. The molecule has 17 heteroatoms. The number of carbonyl (C=O) groups is 3. The van der Waals surface area contributed by atoms with Gasteiger partial charge in [0, 0.05) is 75.5 Å². The molecule has 5 aliphatic heterocycles. The van der Waals surface area contributed by atoms with Crippen molar-refractivity contribution in [2.75, 3.05) is 54.4 Å². The molecule has 2 aromatic carbocycles. The first-order valence-corrected chi connectivity index (χ1v) is 19.4. The summed E-state index contributed by atoms with van der Waals surface area (Å²) in [5.41, 5.74) is 4.17. The molecule has 302 valence electrons. The predicted molar refractivity (Wildman–Crippen MR) is 206 cm³/mol. The van der Waals surface area contributed by atoms with Crippen LogP contribution in [0.15, 0.2) is 48.7 Å². The Hall–Kier alpha value is -5.97. The number of phenolic OH excluding ortho intramolecular Hbond substituents is 1. The van der Waals surface area contributed by atoms with E-state index < -0.39 is 41.6 Å². The van der Waals surface area contributed by atoms with E-state index in [4.69, 9.17) is 9.72 Å². The third kappa shape index (κ3) is 6.41. The number of alkyl halides is 2. The number of hydrogen-bond donors (Lipinski definition) is 3. The summed E-state index contributed by atoms with van der Waals surface area (Å²) in [5, 5.41) is 24.0. The number of phenols is 1. The lowest BCUT2D eigenvalue weighted by Gasteiger charge is -2.43. The Morgan fingerprint density at radius 3 is 2.60 bits per heavy atom. The standard InChI is InChI=1S/C41H42F3N9O5/c1-22-23(2)34(58-26-16-41(40(43)44)21-46-37-33(53(41)19-26)15-30(48-49-37)27-4-3-5-29(42)36(27)55)17-45-31(22)20-50-10-12-51(13-11-50)25-7-6-24-18-52(39(57)28(24)14-25)32-8-9-35(54)47-38(32)56/h3-7,14-15,17,26,32,40,55H,8-13,16,18-21H2,1-2H3,(H,46,49)(H,47,54,56)/t26-,32+,41+/m1/s1. The first kappa shape index (κ1) is 37.6. The third-order valence-electron chi connectivity index (χ3n) is 12.4. The van der Waals surface area contributed by atoms with E-state index in [-0.39, 0.29) is 49.0 Å². The van der Waals surface area contributed by atoms with E-state index in [1.165, 1.54) is 12.1 Å². The number of imide groups is 1. The molecule has 14 nitrogen and oxygen atoms in total. The summed E-state index contributed by atoms with van der Waals surface area (Å²) in [6.45, 7) is 7.95. The number of anilines is 3. The van der Waals surface area contributed by atoms with Crippen LogP contribution in [0.3, 0.4) is 0 Å². The lowest BCUT2D eigenvalue weighted by molar-refractivity contribution is -0.136. The smallest absolute Gasteiger partial charge is 0.263 e. The third-order valence-corrected chi connectivity index (χ3v) is 12.4. The Morgan fingerprint density at radius 1 is 1.02 bits per heavy atom. The van der Waals surface area contributed by atoms with Crippen molar-refractivity contribution in [3.05, 3.63) is 82.4 Å². The van der Waals surface area contributed by atoms with Gasteiger partial charge in [0.1, 0.15) is 23.4 Å². The maximum Gasteiger partial charge on any atom is 0.263 e. The number of amides is 3. The second kappa shape index (κ2) is 14.4. The summed E-state index contributed by atoms with van der Waals surface area (Å²) in [7, 11) is 0. The van der Waals surface area contributed by atoms with Gasteiger partial charge >= 0.3 is 0 Å². The zero-order valence-electron chi connectivity index (χ0n) is 32.0. The zero-order chi connectivity index (χ0) is 40.5. The van der Waals surface area contributed by atoms with Gasteiger partial charge in [-0.15, -0.1) is 10.2 Å². The van der Waals surface area contributed by atoms with Crippen LogP contribution in [0, 0.1) is 19.7 Å². The van der Waals surface area contributed by atoms with Gasteiger partial charge < -0.3 is 29.9 Å². The number of hydrogen-bond acceptors (Lipinski definition) is 12. The minimum Gasteiger partial charge on any atom is -0.504 e. The number of nitrogens with one attached hydrogen (secondary N) is 2. The van der Waals surface area contributed by atoms with Gasteiger partial charge in [-0.2, -0.15) is 0 Å². The molecule has 3 atom stereocenters. The van der Waals surface area contributed by atoms with Crippen molar-refractivity contribution in [1.29, 1.82) is 0 Å². The molecule has 9 rings (SSSR count). The highest BCUT2D eigenvalue weighted by Gasteiger charge is 2.56. The Kier molecular flexibility index (Phi) is 9.36. The molecule has 3 fully saturated rings. The van der Waals surface area contributed by atoms with Crippen LogP contribution in [-0.2, 0) is 22.7 Å². The number of aromatic nitrogens is 3. The number of aromatic hydroxyl groups is 1. The Morgan fingerprint density at radius 2 is 1.83 bits per heavy atom. The molecule has 7 heterocycles. The number of ether oxygens (including phenoxy) is 1. The average Bonchev–Trinajstić information content (AvgIpc) is 3.77. The number of rotatable bonds is 8. The van der Waals surface area contributed by atoms with Crippen molar-refractivity contribution in [3.63, 3.8) is 0 Å². The average molecular weight is 798 g/mol. The topological polar surface area (TPSA) is 156 Å². The largest absolute Gasteiger partial charge is 0.504 e. The Balaban J connectivity index is 0.844. The van der Waals surface area contributed by atoms with E-state index in [0.717, 1.165) is 60.3 Å². The van der Waals surface area contributed by atoms with E-state index in [1.807, 2.05) is 32.0 Å². The van der Waals surface area contributed by atoms with Crippen LogP contribution in [-0.4, -0.2) is 111 Å². The number of para-hydroxylation sites is 1. The molecule has 58 heavy (non-hydrogen) atoms. The van der Waals surface area contributed by atoms with Crippen molar-refractivity contribution < 1.29 is 37.4 Å². The van der Waals surface area contributed by atoms with E-state index in [0.29, 0.717) is 42.3 Å². The summed E-state index contributed by atoms with van der Waals surface area (Å²) >= 11 is 0. The van der Waals surface area contributed by atoms with Gasteiger partial charge in [-0.05, 0) is 67.3 Å². The number of benzene rings is 2. The molecule has 0 spiro atoms. The van der Waals surface area contributed by atoms with Gasteiger partial charge in [-0.25, -0.2) is 13.2 Å². The van der Waals surface area contributed by atoms with Crippen LogP contribution in [0.1, 0.15) is 52.0 Å². The highest BCUT2D eigenvalue weighted by molar-refractivity contribution is 6.05. The summed E-state index contributed by atoms with van der Waals surface area (Å²) < 4.78 is 50.6. The summed E-state index contributed by atoms with van der Waals surface area (Å²) in [4.78, 5) is 50.0. The van der Waals surface area contributed by atoms with Gasteiger partial charge in [0.25, 0.3) is 12.3 Å². The van der Waals surface area contributed by atoms with Gasteiger partial charge in [0.05, 0.1) is 29.8 Å². The van der Waals surface area contributed by atoms with E-state index in [2.05, 4.69) is 30.6 Å². The maximum absolute atomic E-state index is 15.0. The number of piperidine rings is 1. The van der Waals surface area contributed by atoms with Gasteiger partial charge in [0.15, 0.2) is 17.4 Å². The number of piperazine rings is 1. The van der Waals surface area contributed by atoms with Crippen LogP contribution in [0.2, 0.25) is 0 Å². The van der Waals surface area contributed by atoms with Crippen LogP contribution >= 0.6 is 0 Å². The second-order valence-electron chi connectivity index (χ2n) is 15.7. The van der Waals surface area contributed by atoms with Crippen molar-refractivity contribution >= 4 is 34.9 Å². The normalized spacial score (nSPS) is 23.1. The Labute approximate surface area is 332 Å². The second-order valence-corrected chi connectivity index (χ2v) is 15.7. The fourth-order valence-corrected chi connectivity index (χ4v) is 8.93. The summed E-state index contributed by atoms with van der Waals surface area (Å²) in [6.07, 6.45) is -1.10. The summed E-state index contributed by atoms with van der Waals surface area (Å²) in [5.74, 6) is -1.51. The molecule has 0 saturated carbocycles. The molecule has 3 N–H and O–H groups in total. The first-order valence-electron chi connectivity index (χ1n) is 19.4. The highest BCUT2D eigenvalue weighted by atomic mass is 19.3. The van der Waals surface area contributed by atoms with Crippen molar-refractivity contribution in [1.82, 2.24) is 30.3 Å². The Bertz CT molecular complexity index is 2340. The van der Waals surface area contributed by atoms with E-state index in [9.17, 15) is 23.9 Å². The number of halogens is 3. The molecular formula is C41H42F3N9O5. The highest BCUT2D eigenvalue weighted by Crippen LogP contribution is 2.47. The molecule has 0 bridgehead atoms. The molecule has 3 amide bonds. The van der Waals surface area contributed by atoms with Crippen LogP contribution in [0.25, 0.3) is 11.3 Å². The van der Waals surface area contributed by atoms with Gasteiger partial charge in [0.2, 0.25) is 11.8 Å². The quantitative estimate of drug-likeness (QED) is 0.219. The predicted octanol–water partition coefficient (Wildman–Crippen LogP) is 4.17. The lowest BCUT2D eigenvalue weighted by Crippen LogP contribution is -2.57. The van der Waals surface area contributed by atoms with Crippen molar-refractivity contribution in [2.45, 2.75) is 70.3 Å². The molecule has 2 aromatic heterocycles. The molecular weight excluding hydrogens is 756 g/mol. The monoisotopic (exact) mass is 797 g/mol. The fraction of sp³-hybridized carbons (Fsp3) is 0.415. The van der Waals surface area contributed by atoms with E-state index >= 15 is 8.78 Å². The number of carbonyl (C=O) groups excluding carboxylic acids is 3. The molecule has 5 aliphatic rings. The summed E-state index contributed by atoms with van der Waals surface area (Å²) in [6, 6.07) is 10.8. The van der Waals surface area contributed by atoms with Crippen molar-refractivity contribution in [3.8, 4) is 22.8 Å². The molecule has 0 radical (unpaired) electrons. The number of pyridine rings is 1. The van der Waals surface area contributed by atoms with Crippen molar-refractivity contribution in [2.24, 2.45) is 0 Å². The fourth-order valence-electron chi connectivity index (χ4n) is 8.93. The first-order chi connectivity index (χ1) is 27.9. The molecule has 3 saturated heterocycles. The van der Waals surface area contributed by atoms with Crippen LogP contribution in [0.5, 0.6) is 11.5 Å². The lowest BCUT2D eigenvalue weighted by atomic mass is 9.93. The minimum atomic E-state index is -2.73. The molecule has 0 unspecified atom stereocenters. The number of nitrogens with zero attached hydrogens (tertiary/aromatic N) is 7. The SMILES string of the molecule is Cc1c(O[C@H]2CN3c4cc(-c5cccc(F)c5O)nnc4NC[C@]3(C(F)F)C2)cnc(CN2CCN(c3ccc4c(c3)C(=O)N([C@H]3CCC(=O)NC3=O)C4)CC2)c1C. The minimum absolute atomic E-state index is 0.0287.